The molecule has 0 unspecified atom stereocenters. The molecule has 0 aliphatic heterocycles. The molecular formula is C8H16N2O6S. The first-order chi connectivity index (χ1) is 7.69. The minimum atomic E-state index is -4.20. The number of rotatable bonds is 6. The summed E-state index contributed by atoms with van der Waals surface area (Å²) in [6, 6.07) is 0. The highest BCUT2D eigenvalue weighted by Gasteiger charge is 2.27. The first kappa shape index (κ1) is 15.7. The third-order valence-corrected chi connectivity index (χ3v) is 3.00. The van der Waals surface area contributed by atoms with E-state index in [9.17, 15) is 18.0 Å². The van der Waals surface area contributed by atoms with Crippen molar-refractivity contribution < 1.29 is 27.9 Å². The van der Waals surface area contributed by atoms with E-state index in [1.807, 2.05) is 0 Å². The molecule has 0 heterocycles. The van der Waals surface area contributed by atoms with E-state index < -0.39 is 28.8 Å². The van der Waals surface area contributed by atoms with Gasteiger partial charge in [-0.25, -0.2) is 9.52 Å². The largest absolute Gasteiger partial charge is 0.480 e. The molecule has 0 aromatic rings. The Kier molecular flexibility index (Phi) is 5.89. The highest BCUT2D eigenvalue weighted by molar-refractivity contribution is 7.87. The first-order valence-electron chi connectivity index (χ1n) is 4.76. The predicted octanol–water partition coefficient (Wildman–Crippen LogP) is -0.370. The van der Waals surface area contributed by atoms with Crippen molar-refractivity contribution in [3.05, 3.63) is 0 Å². The molecule has 0 aliphatic carbocycles. The lowest BCUT2D eigenvalue weighted by atomic mass is 10.2. The Labute approximate surface area is 99.7 Å². The lowest BCUT2D eigenvalue weighted by molar-refractivity contribution is -0.137. The van der Waals surface area contributed by atoms with Crippen molar-refractivity contribution in [2.45, 2.75) is 13.8 Å². The van der Waals surface area contributed by atoms with Gasteiger partial charge in [0.15, 0.2) is 0 Å². The molecule has 0 aromatic carbocycles. The number of hydrogen-bond acceptors (Lipinski definition) is 5. The summed E-state index contributed by atoms with van der Waals surface area (Å²) in [5.74, 6) is -1.38. The Hall–Kier alpha value is -1.35. The Balaban J connectivity index is 4.88. The van der Waals surface area contributed by atoms with Crippen LogP contribution in [0.5, 0.6) is 0 Å². The molecule has 0 spiro atoms. The van der Waals surface area contributed by atoms with Crippen LogP contribution in [0.4, 0.5) is 4.79 Å². The molecule has 8 nitrogen and oxygen atoms in total. The number of hydrogen-bond donors (Lipinski definition) is 2. The van der Waals surface area contributed by atoms with Crippen molar-refractivity contribution in [1.82, 2.24) is 9.03 Å². The van der Waals surface area contributed by atoms with Crippen molar-refractivity contribution in [2.75, 3.05) is 20.2 Å². The van der Waals surface area contributed by atoms with E-state index in [2.05, 4.69) is 4.74 Å². The van der Waals surface area contributed by atoms with Crippen LogP contribution in [0.25, 0.3) is 0 Å². The van der Waals surface area contributed by atoms with Gasteiger partial charge in [0.05, 0.1) is 7.11 Å². The van der Waals surface area contributed by atoms with Gasteiger partial charge in [-0.3, -0.25) is 4.79 Å². The molecule has 0 fully saturated rings. The zero-order chi connectivity index (χ0) is 13.6. The van der Waals surface area contributed by atoms with Gasteiger partial charge in [0.2, 0.25) is 0 Å². The fourth-order valence-corrected chi connectivity index (χ4v) is 2.22. The standard InChI is InChI=1S/C8H16N2O6S/c1-6(2)4-10(5-7(11)12)17(14,15)9-8(13)16-3/h6H,4-5H2,1-3H3,(H,9,13)(H,11,12). The molecule has 1 amide bonds. The summed E-state index contributed by atoms with van der Waals surface area (Å²) in [4.78, 5) is 21.4. The van der Waals surface area contributed by atoms with E-state index in [4.69, 9.17) is 5.11 Å². The van der Waals surface area contributed by atoms with Gasteiger partial charge in [-0.2, -0.15) is 12.7 Å². The smallest absolute Gasteiger partial charge is 0.421 e. The SMILES string of the molecule is COC(=O)NS(=O)(=O)N(CC(=O)O)CC(C)C. The number of carboxylic acids is 1. The maximum atomic E-state index is 11.6. The van der Waals surface area contributed by atoms with Gasteiger partial charge < -0.3 is 9.84 Å². The molecule has 17 heavy (non-hydrogen) atoms. The van der Waals surface area contributed by atoms with Crippen molar-refractivity contribution in [3.63, 3.8) is 0 Å². The minimum Gasteiger partial charge on any atom is -0.480 e. The molecule has 2 N–H and O–H groups in total. The Morgan fingerprint density at radius 3 is 2.29 bits per heavy atom. The topological polar surface area (TPSA) is 113 Å². The summed E-state index contributed by atoms with van der Waals surface area (Å²) in [7, 11) is -3.19. The first-order valence-corrected chi connectivity index (χ1v) is 6.20. The second kappa shape index (κ2) is 6.40. The number of nitrogens with zero attached hydrogens (tertiary/aromatic N) is 1. The van der Waals surface area contributed by atoms with E-state index in [-0.39, 0.29) is 12.5 Å². The number of nitrogens with one attached hydrogen (secondary N) is 1. The maximum absolute atomic E-state index is 11.6. The highest BCUT2D eigenvalue weighted by Crippen LogP contribution is 2.04. The quantitative estimate of drug-likeness (QED) is 0.679. The molecule has 0 saturated heterocycles. The third-order valence-electron chi connectivity index (χ3n) is 1.62. The van der Waals surface area contributed by atoms with Crippen LogP contribution in [0.2, 0.25) is 0 Å². The summed E-state index contributed by atoms with van der Waals surface area (Å²) in [5, 5.41) is 8.60. The fourth-order valence-electron chi connectivity index (χ4n) is 1.02. The van der Waals surface area contributed by atoms with Gasteiger partial charge in [-0.1, -0.05) is 13.8 Å². The van der Waals surface area contributed by atoms with Crippen LogP contribution in [0, 0.1) is 5.92 Å². The van der Waals surface area contributed by atoms with E-state index in [0.29, 0.717) is 4.31 Å². The lowest BCUT2D eigenvalue weighted by Crippen LogP contribution is -2.46. The molecule has 0 bridgehead atoms. The molecule has 0 aromatic heterocycles. The van der Waals surface area contributed by atoms with Gasteiger partial charge in [0.1, 0.15) is 6.54 Å². The highest BCUT2D eigenvalue weighted by atomic mass is 32.2. The Morgan fingerprint density at radius 1 is 1.41 bits per heavy atom. The van der Waals surface area contributed by atoms with Gasteiger partial charge in [0, 0.05) is 6.54 Å². The van der Waals surface area contributed by atoms with Crippen LogP contribution >= 0.6 is 0 Å². The summed E-state index contributed by atoms with van der Waals surface area (Å²) in [6.07, 6.45) is -1.16. The van der Waals surface area contributed by atoms with E-state index in [1.165, 1.54) is 0 Å². The monoisotopic (exact) mass is 268 g/mol. The normalized spacial score (nSPS) is 11.6. The van der Waals surface area contributed by atoms with Crippen LogP contribution < -0.4 is 4.72 Å². The molecule has 9 heteroatoms. The number of ether oxygens (including phenoxy) is 1. The Morgan fingerprint density at radius 2 is 1.94 bits per heavy atom. The van der Waals surface area contributed by atoms with Crippen LogP contribution in [0.1, 0.15) is 13.8 Å². The van der Waals surface area contributed by atoms with Gasteiger partial charge in [-0.15, -0.1) is 0 Å². The second-order valence-corrected chi connectivity index (χ2v) is 5.35. The van der Waals surface area contributed by atoms with Crippen molar-refractivity contribution in [2.24, 2.45) is 5.92 Å². The minimum absolute atomic E-state index is 0.0153. The number of aliphatic carboxylic acids is 1. The molecule has 0 rings (SSSR count). The fraction of sp³-hybridized carbons (Fsp3) is 0.750. The van der Waals surface area contributed by atoms with Crippen molar-refractivity contribution in [1.29, 1.82) is 0 Å². The molecular weight excluding hydrogens is 252 g/mol. The average Bonchev–Trinajstić information content (AvgIpc) is 2.14. The van der Waals surface area contributed by atoms with Crippen molar-refractivity contribution in [3.8, 4) is 0 Å². The summed E-state index contributed by atoms with van der Waals surface area (Å²) < 4.78 is 29.6. The van der Waals surface area contributed by atoms with Gasteiger partial charge in [-0.05, 0) is 5.92 Å². The van der Waals surface area contributed by atoms with E-state index in [1.54, 1.807) is 18.6 Å². The molecule has 100 valence electrons. The maximum Gasteiger partial charge on any atom is 0.421 e. The number of carbonyl (C=O) groups excluding carboxylic acids is 1. The second-order valence-electron chi connectivity index (χ2n) is 3.68. The van der Waals surface area contributed by atoms with Crippen molar-refractivity contribution >= 4 is 22.3 Å². The van der Waals surface area contributed by atoms with Crippen LogP contribution in [0.15, 0.2) is 0 Å². The lowest BCUT2D eigenvalue weighted by Gasteiger charge is -2.21. The van der Waals surface area contributed by atoms with Gasteiger partial charge in [0.25, 0.3) is 0 Å². The molecule has 0 saturated carbocycles. The number of methoxy groups -OCH3 is 1. The van der Waals surface area contributed by atoms with E-state index in [0.717, 1.165) is 7.11 Å². The molecule has 0 atom stereocenters. The summed E-state index contributed by atoms with van der Waals surface area (Å²) in [5.41, 5.74) is 0. The van der Waals surface area contributed by atoms with Gasteiger partial charge >= 0.3 is 22.3 Å². The average molecular weight is 268 g/mol. The predicted molar refractivity (Wildman–Crippen MR) is 58.5 cm³/mol. The number of carboxylic acid groups (broad SMARTS) is 1. The zero-order valence-corrected chi connectivity index (χ0v) is 10.7. The van der Waals surface area contributed by atoms with Crippen LogP contribution in [-0.4, -0.2) is 50.1 Å². The van der Waals surface area contributed by atoms with Crippen LogP contribution in [-0.2, 0) is 19.7 Å². The summed E-state index contributed by atoms with van der Waals surface area (Å²) in [6.45, 7) is 2.72. The third kappa shape index (κ3) is 6.07. The number of carbonyl (C=O) groups is 2. The Bertz CT molecular complexity index is 377. The zero-order valence-electron chi connectivity index (χ0n) is 9.84. The molecule has 0 radical (unpaired) electrons. The van der Waals surface area contributed by atoms with E-state index >= 15 is 0 Å². The summed E-state index contributed by atoms with van der Waals surface area (Å²) >= 11 is 0. The van der Waals surface area contributed by atoms with Crippen LogP contribution in [0.3, 0.4) is 0 Å². The number of amides is 1. The molecule has 0 aliphatic rings.